The monoisotopic (exact) mass is 392 g/mol. The predicted molar refractivity (Wildman–Crippen MR) is 93.4 cm³/mol. The summed E-state index contributed by atoms with van der Waals surface area (Å²) in [4.78, 5) is 15.1. The van der Waals surface area contributed by atoms with Crippen LogP contribution in [0.25, 0.3) is 0 Å². The molecule has 0 fully saturated rings. The fraction of sp³-hybridized carbons (Fsp3) is 0.667. The summed E-state index contributed by atoms with van der Waals surface area (Å²) in [5.41, 5.74) is -0.487. The summed E-state index contributed by atoms with van der Waals surface area (Å²) in [5.74, 6) is 0. The third kappa shape index (κ3) is 8.12. The van der Waals surface area contributed by atoms with E-state index in [-0.39, 0.29) is 6.09 Å². The summed E-state index contributed by atoms with van der Waals surface area (Å²) in [7, 11) is 1.63. The van der Waals surface area contributed by atoms with Crippen molar-refractivity contribution in [3.63, 3.8) is 0 Å². The second-order valence-electron chi connectivity index (χ2n) is 5.84. The van der Waals surface area contributed by atoms with Crippen LogP contribution >= 0.6 is 27.3 Å². The van der Waals surface area contributed by atoms with Crippen molar-refractivity contribution in [2.24, 2.45) is 0 Å². The first-order valence-corrected chi connectivity index (χ1v) is 8.84. The Morgan fingerprint density at radius 1 is 1.36 bits per heavy atom. The number of thiophene rings is 1. The van der Waals surface area contributed by atoms with Gasteiger partial charge in [-0.25, -0.2) is 4.79 Å². The molecule has 126 valence electrons. The van der Waals surface area contributed by atoms with Crippen molar-refractivity contribution in [1.29, 1.82) is 0 Å². The van der Waals surface area contributed by atoms with E-state index in [1.54, 1.807) is 23.3 Å². The normalized spacial score (nSPS) is 11.5. The summed E-state index contributed by atoms with van der Waals surface area (Å²) in [5, 5.41) is 3.34. The lowest BCUT2D eigenvalue weighted by Crippen LogP contribution is -2.42. The van der Waals surface area contributed by atoms with Gasteiger partial charge in [-0.1, -0.05) is 0 Å². The van der Waals surface area contributed by atoms with E-state index in [0.717, 1.165) is 10.3 Å². The third-order valence-corrected chi connectivity index (χ3v) is 4.33. The highest BCUT2D eigenvalue weighted by molar-refractivity contribution is 9.11. The van der Waals surface area contributed by atoms with E-state index in [1.165, 1.54) is 4.88 Å². The van der Waals surface area contributed by atoms with Gasteiger partial charge in [0.2, 0.25) is 0 Å². The van der Waals surface area contributed by atoms with Gasteiger partial charge in [-0.3, -0.25) is 0 Å². The van der Waals surface area contributed by atoms with E-state index < -0.39 is 5.60 Å². The molecule has 7 heteroatoms. The molecule has 0 aliphatic heterocycles. The van der Waals surface area contributed by atoms with Crippen LogP contribution in [-0.4, -0.2) is 49.9 Å². The zero-order chi connectivity index (χ0) is 16.6. The summed E-state index contributed by atoms with van der Waals surface area (Å²) in [6.07, 6.45) is -0.301. The molecule has 0 radical (unpaired) electrons. The lowest BCUT2D eigenvalue weighted by atomic mass is 10.2. The summed E-state index contributed by atoms with van der Waals surface area (Å²) < 4.78 is 11.6. The van der Waals surface area contributed by atoms with Crippen molar-refractivity contribution in [3.05, 3.63) is 20.8 Å². The molecule has 22 heavy (non-hydrogen) atoms. The first-order chi connectivity index (χ1) is 10.3. The summed E-state index contributed by atoms with van der Waals surface area (Å²) in [6, 6.07) is 4.12. The summed E-state index contributed by atoms with van der Waals surface area (Å²) >= 11 is 5.15. The van der Waals surface area contributed by atoms with Crippen LogP contribution in [0.15, 0.2) is 15.9 Å². The fourth-order valence-electron chi connectivity index (χ4n) is 1.69. The molecular formula is C15H25BrN2O3S. The number of nitrogens with zero attached hydrogens (tertiary/aromatic N) is 1. The van der Waals surface area contributed by atoms with Gasteiger partial charge in [0.25, 0.3) is 0 Å². The molecule has 0 unspecified atom stereocenters. The number of ether oxygens (including phenoxy) is 2. The number of amides is 1. The molecule has 0 saturated carbocycles. The van der Waals surface area contributed by atoms with Crippen molar-refractivity contribution in [2.75, 3.05) is 33.4 Å². The standard InChI is InChI=1S/C15H25BrN2O3S/c1-15(2,3)21-14(19)18(9-10-20-4)8-7-17-11-12-5-6-13(16)22-12/h5-6,17H,7-11H2,1-4H3. The Morgan fingerprint density at radius 3 is 2.64 bits per heavy atom. The SMILES string of the molecule is COCCN(CCNCc1ccc(Br)s1)C(=O)OC(C)(C)C. The van der Waals surface area contributed by atoms with Crippen LogP contribution in [-0.2, 0) is 16.0 Å². The van der Waals surface area contributed by atoms with Gasteiger partial charge in [0.05, 0.1) is 10.4 Å². The molecule has 0 aliphatic carbocycles. The molecule has 0 bridgehead atoms. The molecule has 1 N–H and O–H groups in total. The maximum absolute atomic E-state index is 12.1. The Morgan fingerprint density at radius 2 is 2.09 bits per heavy atom. The second-order valence-corrected chi connectivity index (χ2v) is 8.39. The molecular weight excluding hydrogens is 368 g/mol. The van der Waals surface area contributed by atoms with Crippen LogP contribution in [0.3, 0.4) is 0 Å². The summed E-state index contributed by atoms with van der Waals surface area (Å²) in [6.45, 7) is 8.71. The fourth-order valence-corrected chi connectivity index (χ4v) is 3.15. The quantitative estimate of drug-likeness (QED) is 0.687. The average molecular weight is 393 g/mol. The molecule has 5 nitrogen and oxygen atoms in total. The van der Waals surface area contributed by atoms with Crippen molar-refractivity contribution < 1.29 is 14.3 Å². The van der Waals surface area contributed by atoms with E-state index in [1.807, 2.05) is 26.8 Å². The Hall–Kier alpha value is -0.630. The highest BCUT2D eigenvalue weighted by Gasteiger charge is 2.21. The smallest absolute Gasteiger partial charge is 0.410 e. The lowest BCUT2D eigenvalue weighted by Gasteiger charge is -2.27. The van der Waals surface area contributed by atoms with Gasteiger partial charge in [-0.2, -0.15) is 0 Å². The van der Waals surface area contributed by atoms with Gasteiger partial charge < -0.3 is 19.7 Å². The van der Waals surface area contributed by atoms with E-state index in [0.29, 0.717) is 26.2 Å². The van der Waals surface area contributed by atoms with Crippen molar-refractivity contribution in [1.82, 2.24) is 10.2 Å². The first-order valence-electron chi connectivity index (χ1n) is 7.23. The number of halogens is 1. The van der Waals surface area contributed by atoms with E-state index in [9.17, 15) is 4.79 Å². The van der Waals surface area contributed by atoms with E-state index in [2.05, 4.69) is 27.3 Å². The molecule has 1 rings (SSSR count). The van der Waals surface area contributed by atoms with Crippen LogP contribution in [0.1, 0.15) is 25.6 Å². The maximum Gasteiger partial charge on any atom is 0.410 e. The number of hydrogen-bond donors (Lipinski definition) is 1. The van der Waals surface area contributed by atoms with Gasteiger partial charge in [0.1, 0.15) is 5.60 Å². The molecule has 1 aromatic heterocycles. The maximum atomic E-state index is 12.1. The second kappa shape index (κ2) is 9.50. The average Bonchev–Trinajstić information content (AvgIpc) is 2.81. The lowest BCUT2D eigenvalue weighted by molar-refractivity contribution is 0.0204. The van der Waals surface area contributed by atoms with Crippen LogP contribution in [0.5, 0.6) is 0 Å². The van der Waals surface area contributed by atoms with Crippen LogP contribution in [0, 0.1) is 0 Å². The van der Waals surface area contributed by atoms with Crippen molar-refractivity contribution >= 4 is 33.4 Å². The van der Waals surface area contributed by atoms with Gasteiger partial charge in [-0.05, 0) is 48.8 Å². The number of carbonyl (C=O) groups excluding carboxylic acids is 1. The zero-order valence-corrected chi connectivity index (χ0v) is 16.1. The highest BCUT2D eigenvalue weighted by Crippen LogP contribution is 2.21. The van der Waals surface area contributed by atoms with E-state index >= 15 is 0 Å². The minimum absolute atomic E-state index is 0.301. The number of rotatable bonds is 8. The molecule has 0 aliphatic rings. The zero-order valence-electron chi connectivity index (χ0n) is 13.6. The Balaban J connectivity index is 2.38. The Bertz CT molecular complexity index is 460. The van der Waals surface area contributed by atoms with Gasteiger partial charge in [0.15, 0.2) is 0 Å². The molecule has 0 spiro atoms. The highest BCUT2D eigenvalue weighted by atomic mass is 79.9. The number of carbonyl (C=O) groups is 1. The largest absolute Gasteiger partial charge is 0.444 e. The van der Waals surface area contributed by atoms with Crippen molar-refractivity contribution in [2.45, 2.75) is 32.9 Å². The Labute approximate surface area is 145 Å². The molecule has 1 amide bonds. The third-order valence-electron chi connectivity index (χ3n) is 2.70. The van der Waals surface area contributed by atoms with Crippen molar-refractivity contribution in [3.8, 4) is 0 Å². The van der Waals surface area contributed by atoms with Crippen LogP contribution in [0.4, 0.5) is 4.79 Å². The van der Waals surface area contributed by atoms with Crippen LogP contribution in [0.2, 0.25) is 0 Å². The number of hydrogen-bond acceptors (Lipinski definition) is 5. The minimum atomic E-state index is -0.487. The van der Waals surface area contributed by atoms with Gasteiger partial charge in [0, 0.05) is 38.2 Å². The van der Waals surface area contributed by atoms with E-state index in [4.69, 9.17) is 9.47 Å². The molecule has 0 aromatic carbocycles. The molecule has 1 aromatic rings. The van der Waals surface area contributed by atoms with Gasteiger partial charge in [-0.15, -0.1) is 11.3 Å². The van der Waals surface area contributed by atoms with Crippen LogP contribution < -0.4 is 5.32 Å². The number of nitrogens with one attached hydrogen (secondary N) is 1. The minimum Gasteiger partial charge on any atom is -0.444 e. The molecule has 0 saturated heterocycles. The molecule has 1 heterocycles. The topological polar surface area (TPSA) is 50.8 Å². The number of methoxy groups -OCH3 is 1. The molecule has 0 atom stereocenters. The Kier molecular flexibility index (Phi) is 8.38. The first kappa shape index (κ1) is 19.4. The van der Waals surface area contributed by atoms with Gasteiger partial charge >= 0.3 is 6.09 Å². The predicted octanol–water partition coefficient (Wildman–Crippen LogP) is 3.48.